The molecule has 4 heteroatoms. The number of aryl methyl sites for hydroxylation is 1. The van der Waals surface area contributed by atoms with Crippen molar-refractivity contribution in [3.8, 4) is 5.75 Å². The molecule has 0 aliphatic heterocycles. The molecule has 0 amide bonds. The summed E-state index contributed by atoms with van der Waals surface area (Å²) in [7, 11) is 4.32. The van der Waals surface area contributed by atoms with Gasteiger partial charge in [0.2, 0.25) is 0 Å². The van der Waals surface area contributed by atoms with E-state index in [2.05, 4.69) is 63.5 Å². The molecule has 0 aliphatic rings. The summed E-state index contributed by atoms with van der Waals surface area (Å²) in [5.41, 5.74) is 2.59. The number of quaternary nitrogens is 1. The Kier molecular flexibility index (Phi) is 15.9. The van der Waals surface area contributed by atoms with Gasteiger partial charge >= 0.3 is 5.97 Å². The number of hydrogen-bond donors (Lipinski definition) is 0. The summed E-state index contributed by atoms with van der Waals surface area (Å²) in [6.45, 7) is 8.07. The van der Waals surface area contributed by atoms with Crippen LogP contribution in [0, 0.1) is 5.92 Å². The lowest BCUT2D eigenvalue weighted by atomic mass is 10.0. The second-order valence-corrected chi connectivity index (χ2v) is 12.2. The second-order valence-electron chi connectivity index (χ2n) is 12.2. The highest BCUT2D eigenvalue weighted by atomic mass is 16.6. The Morgan fingerprint density at radius 3 is 2.00 bits per heavy atom. The first-order chi connectivity index (χ1) is 18.8. The minimum atomic E-state index is -0.190. The third kappa shape index (κ3) is 15.1. The maximum atomic E-state index is 12.7. The number of ether oxygens (including phenoxy) is 2. The third-order valence-electron chi connectivity index (χ3n) is 7.39. The van der Waals surface area contributed by atoms with Crippen LogP contribution in [0.5, 0.6) is 5.75 Å². The summed E-state index contributed by atoms with van der Waals surface area (Å²) in [6.07, 6.45) is 15.9. The lowest BCUT2D eigenvalue weighted by Gasteiger charge is -2.32. The van der Waals surface area contributed by atoms with Gasteiger partial charge in [0.25, 0.3) is 0 Å². The first kappa shape index (κ1) is 32.9. The quantitative estimate of drug-likeness (QED) is 0.0905. The van der Waals surface area contributed by atoms with Crippen LogP contribution in [0.4, 0.5) is 0 Å². The molecule has 0 bridgehead atoms. The van der Waals surface area contributed by atoms with E-state index in [4.69, 9.17) is 9.47 Å². The average Bonchev–Trinajstić information content (AvgIpc) is 2.90. The molecule has 2 rings (SSSR count). The largest absolute Gasteiger partial charge is 0.487 e. The van der Waals surface area contributed by atoms with Crippen LogP contribution in [0.2, 0.25) is 0 Å². The number of rotatable bonds is 21. The van der Waals surface area contributed by atoms with E-state index in [1.807, 2.05) is 26.0 Å². The van der Waals surface area contributed by atoms with Crippen molar-refractivity contribution >= 4 is 5.97 Å². The van der Waals surface area contributed by atoms with Gasteiger partial charge in [-0.05, 0) is 44.4 Å². The SMILES string of the molecule is CCCCCCCCCCCCCc1cccc(OC(C)COC(=O)C(C)C[N+](C)(C)Cc2ccccc2)c1. The number of esters is 1. The summed E-state index contributed by atoms with van der Waals surface area (Å²) < 4.78 is 12.5. The third-order valence-corrected chi connectivity index (χ3v) is 7.39. The van der Waals surface area contributed by atoms with Gasteiger partial charge in [0.1, 0.15) is 30.9 Å². The number of benzene rings is 2. The molecule has 0 heterocycles. The fraction of sp³-hybridized carbons (Fsp3) is 0.629. The van der Waals surface area contributed by atoms with Gasteiger partial charge in [0, 0.05) is 5.56 Å². The molecule has 2 unspecified atom stereocenters. The Morgan fingerprint density at radius 1 is 0.769 bits per heavy atom. The van der Waals surface area contributed by atoms with Gasteiger partial charge in [-0.3, -0.25) is 4.79 Å². The molecule has 0 radical (unpaired) electrons. The highest BCUT2D eigenvalue weighted by Crippen LogP contribution is 2.19. The van der Waals surface area contributed by atoms with Gasteiger partial charge in [0.15, 0.2) is 0 Å². The molecule has 4 nitrogen and oxygen atoms in total. The van der Waals surface area contributed by atoms with Crippen molar-refractivity contribution in [2.24, 2.45) is 5.92 Å². The first-order valence-electron chi connectivity index (χ1n) is 15.6. The van der Waals surface area contributed by atoms with Gasteiger partial charge < -0.3 is 14.0 Å². The van der Waals surface area contributed by atoms with Crippen LogP contribution < -0.4 is 4.74 Å². The Hall–Kier alpha value is -2.33. The van der Waals surface area contributed by atoms with Crippen molar-refractivity contribution in [1.29, 1.82) is 0 Å². The van der Waals surface area contributed by atoms with Crippen LogP contribution >= 0.6 is 0 Å². The Morgan fingerprint density at radius 2 is 1.36 bits per heavy atom. The second kappa shape index (κ2) is 18.9. The number of carbonyl (C=O) groups is 1. The van der Waals surface area contributed by atoms with Crippen molar-refractivity contribution in [2.75, 3.05) is 27.2 Å². The van der Waals surface area contributed by atoms with E-state index < -0.39 is 0 Å². The van der Waals surface area contributed by atoms with Crippen molar-refractivity contribution in [1.82, 2.24) is 0 Å². The number of carbonyl (C=O) groups excluding carboxylic acids is 1. The van der Waals surface area contributed by atoms with Gasteiger partial charge in [-0.15, -0.1) is 0 Å². The Balaban J connectivity index is 1.61. The number of hydrogen-bond acceptors (Lipinski definition) is 3. The minimum absolute atomic E-state index is 0.157. The van der Waals surface area contributed by atoms with E-state index in [9.17, 15) is 4.79 Å². The molecular weight excluding hydrogens is 482 g/mol. The topological polar surface area (TPSA) is 35.5 Å². The van der Waals surface area contributed by atoms with Crippen LogP contribution in [-0.4, -0.2) is 43.8 Å². The Labute approximate surface area is 239 Å². The fourth-order valence-corrected chi connectivity index (χ4v) is 5.33. The molecule has 218 valence electrons. The molecule has 0 saturated carbocycles. The zero-order valence-electron chi connectivity index (χ0n) is 25.6. The van der Waals surface area contributed by atoms with Crippen LogP contribution in [0.3, 0.4) is 0 Å². The van der Waals surface area contributed by atoms with Crippen LogP contribution in [0.25, 0.3) is 0 Å². The van der Waals surface area contributed by atoms with Crippen molar-refractivity contribution in [3.63, 3.8) is 0 Å². The summed E-state index contributed by atoms with van der Waals surface area (Å²) >= 11 is 0. The highest BCUT2D eigenvalue weighted by Gasteiger charge is 2.26. The van der Waals surface area contributed by atoms with E-state index >= 15 is 0 Å². The number of nitrogens with zero attached hydrogens (tertiary/aromatic N) is 1. The molecule has 2 aromatic carbocycles. The maximum absolute atomic E-state index is 12.7. The van der Waals surface area contributed by atoms with E-state index in [-0.39, 0.29) is 24.6 Å². The highest BCUT2D eigenvalue weighted by molar-refractivity contribution is 5.72. The molecular formula is C35H56NO3+. The van der Waals surface area contributed by atoms with Gasteiger partial charge in [-0.25, -0.2) is 0 Å². The maximum Gasteiger partial charge on any atom is 0.314 e. The lowest BCUT2D eigenvalue weighted by Crippen LogP contribution is -2.44. The van der Waals surface area contributed by atoms with E-state index in [1.165, 1.54) is 81.8 Å². The lowest BCUT2D eigenvalue weighted by molar-refractivity contribution is -0.905. The molecule has 0 aromatic heterocycles. The minimum Gasteiger partial charge on any atom is -0.487 e. The van der Waals surface area contributed by atoms with Crippen molar-refractivity contribution in [2.45, 2.75) is 110 Å². The zero-order chi connectivity index (χ0) is 28.3. The predicted octanol–water partition coefficient (Wildman–Crippen LogP) is 8.76. The normalized spacial score (nSPS) is 13.2. The molecule has 39 heavy (non-hydrogen) atoms. The number of unbranched alkanes of at least 4 members (excludes halogenated alkanes) is 10. The Bertz CT molecular complexity index is 911. The summed E-state index contributed by atoms with van der Waals surface area (Å²) in [4.78, 5) is 12.7. The molecule has 2 aromatic rings. The van der Waals surface area contributed by atoms with Gasteiger partial charge in [0.05, 0.1) is 20.6 Å². The van der Waals surface area contributed by atoms with E-state index in [0.29, 0.717) is 0 Å². The molecule has 0 spiro atoms. The van der Waals surface area contributed by atoms with E-state index in [1.54, 1.807) is 0 Å². The zero-order valence-corrected chi connectivity index (χ0v) is 25.6. The molecule has 0 fully saturated rings. The average molecular weight is 539 g/mol. The molecule has 2 atom stereocenters. The van der Waals surface area contributed by atoms with Gasteiger partial charge in [-0.1, -0.05) is 114 Å². The molecule has 0 N–H and O–H groups in total. The van der Waals surface area contributed by atoms with Crippen molar-refractivity contribution < 1.29 is 18.8 Å². The smallest absolute Gasteiger partial charge is 0.314 e. The summed E-state index contributed by atoms with van der Waals surface area (Å²) in [5.74, 6) is 0.521. The molecule has 0 aliphatic carbocycles. The monoisotopic (exact) mass is 538 g/mol. The van der Waals surface area contributed by atoms with Crippen LogP contribution in [0.1, 0.15) is 103 Å². The van der Waals surface area contributed by atoms with Gasteiger partial charge in [-0.2, -0.15) is 0 Å². The summed E-state index contributed by atoms with van der Waals surface area (Å²) in [6, 6.07) is 18.8. The predicted molar refractivity (Wildman–Crippen MR) is 164 cm³/mol. The van der Waals surface area contributed by atoms with Crippen LogP contribution in [-0.2, 0) is 22.5 Å². The fourth-order valence-electron chi connectivity index (χ4n) is 5.33. The summed E-state index contributed by atoms with van der Waals surface area (Å²) in [5, 5.41) is 0. The molecule has 0 saturated heterocycles. The standard InChI is InChI=1S/C35H56NO3/c1-6-7-8-9-10-11-12-13-14-15-17-21-32-24-20-25-34(26-32)39-31(3)29-38-35(37)30(2)27-36(4,5)28-33-22-18-16-19-23-33/h16,18-20,22-26,30-31H,6-15,17,21,27-29H2,1-5H3/q+1. The van der Waals surface area contributed by atoms with Crippen molar-refractivity contribution in [3.05, 3.63) is 65.7 Å². The van der Waals surface area contributed by atoms with E-state index in [0.717, 1.165) is 29.7 Å². The first-order valence-corrected chi connectivity index (χ1v) is 15.6. The van der Waals surface area contributed by atoms with Crippen LogP contribution in [0.15, 0.2) is 54.6 Å².